The summed E-state index contributed by atoms with van der Waals surface area (Å²) in [6.45, 7) is 8.63. The zero-order chi connectivity index (χ0) is 18.4. The average Bonchev–Trinajstić information content (AvgIpc) is 3.09. The third kappa shape index (κ3) is 6.64. The minimum absolute atomic E-state index is 0. The number of hydrogen-bond acceptors (Lipinski definition) is 4. The predicted octanol–water partition coefficient (Wildman–Crippen LogP) is 2.83. The number of nitrogens with one attached hydrogen (secondary N) is 2. The summed E-state index contributed by atoms with van der Waals surface area (Å²) in [5, 5.41) is 7.71. The highest BCUT2D eigenvalue weighted by Crippen LogP contribution is 2.25. The van der Waals surface area contributed by atoms with E-state index < -0.39 is 0 Å². The summed E-state index contributed by atoms with van der Waals surface area (Å²) >= 11 is 6.27. The lowest BCUT2D eigenvalue weighted by Crippen LogP contribution is -2.47. The fraction of sp³-hybridized carbons (Fsp3) is 0.684. The van der Waals surface area contributed by atoms with E-state index in [0.29, 0.717) is 11.1 Å². The molecule has 1 aromatic rings. The summed E-state index contributed by atoms with van der Waals surface area (Å²) < 4.78 is 0. The molecule has 2 saturated heterocycles. The molecular formula is C19H32ClIN6. The molecule has 2 atom stereocenters. The SMILES string of the molecule is CN=C(NCCN1CCCC(C)C1)NC1CCN(c2ncccc2Cl)C1.I. The normalized spacial score (nSPS) is 23.8. The Hall–Kier alpha value is -0.800. The molecule has 0 saturated carbocycles. The van der Waals surface area contributed by atoms with Gasteiger partial charge in [-0.25, -0.2) is 4.98 Å². The van der Waals surface area contributed by atoms with Crippen LogP contribution < -0.4 is 15.5 Å². The molecule has 0 amide bonds. The zero-order valence-electron chi connectivity index (χ0n) is 16.3. The first-order valence-corrected chi connectivity index (χ1v) is 10.1. The summed E-state index contributed by atoms with van der Waals surface area (Å²) in [7, 11) is 1.83. The monoisotopic (exact) mass is 506 g/mol. The number of rotatable bonds is 5. The van der Waals surface area contributed by atoms with Gasteiger partial charge in [-0.3, -0.25) is 4.99 Å². The predicted molar refractivity (Wildman–Crippen MR) is 125 cm³/mol. The molecule has 1 aromatic heterocycles. The number of aromatic nitrogens is 1. The van der Waals surface area contributed by atoms with Gasteiger partial charge in [0.15, 0.2) is 5.96 Å². The van der Waals surface area contributed by atoms with Gasteiger partial charge >= 0.3 is 0 Å². The maximum Gasteiger partial charge on any atom is 0.191 e. The fourth-order valence-corrected chi connectivity index (χ4v) is 4.13. The van der Waals surface area contributed by atoms with E-state index in [9.17, 15) is 0 Å². The Labute approximate surface area is 185 Å². The number of pyridine rings is 1. The highest BCUT2D eigenvalue weighted by Gasteiger charge is 2.25. The van der Waals surface area contributed by atoms with Crippen molar-refractivity contribution in [3.63, 3.8) is 0 Å². The molecule has 3 rings (SSSR count). The van der Waals surface area contributed by atoms with Crippen LogP contribution in [0.1, 0.15) is 26.2 Å². The van der Waals surface area contributed by atoms with Crippen LogP contribution in [-0.4, -0.2) is 68.2 Å². The molecular weight excluding hydrogens is 475 g/mol. The number of aliphatic imine (C=N–C) groups is 1. The van der Waals surface area contributed by atoms with Crippen LogP contribution in [-0.2, 0) is 0 Å². The van der Waals surface area contributed by atoms with Crippen LogP contribution in [0.25, 0.3) is 0 Å². The lowest BCUT2D eigenvalue weighted by molar-refractivity contribution is 0.187. The molecule has 0 aromatic carbocycles. The zero-order valence-corrected chi connectivity index (χ0v) is 19.4. The van der Waals surface area contributed by atoms with Crippen molar-refractivity contribution >= 4 is 47.4 Å². The molecule has 3 heterocycles. The van der Waals surface area contributed by atoms with E-state index in [0.717, 1.165) is 50.3 Å². The lowest BCUT2D eigenvalue weighted by Gasteiger charge is -2.31. The molecule has 6 nitrogen and oxygen atoms in total. The van der Waals surface area contributed by atoms with Crippen molar-refractivity contribution in [2.75, 3.05) is 51.2 Å². The first-order valence-electron chi connectivity index (χ1n) is 9.70. The highest BCUT2D eigenvalue weighted by atomic mass is 127. The smallest absolute Gasteiger partial charge is 0.191 e. The van der Waals surface area contributed by atoms with E-state index in [1.54, 1.807) is 6.20 Å². The molecule has 0 bridgehead atoms. The Kier molecular flexibility index (Phi) is 9.38. The molecule has 2 aliphatic heterocycles. The van der Waals surface area contributed by atoms with Gasteiger partial charge < -0.3 is 20.4 Å². The number of anilines is 1. The molecule has 8 heteroatoms. The number of halogens is 2. The minimum atomic E-state index is 0. The molecule has 27 heavy (non-hydrogen) atoms. The Bertz CT molecular complexity index is 614. The lowest BCUT2D eigenvalue weighted by atomic mass is 10.0. The summed E-state index contributed by atoms with van der Waals surface area (Å²) in [5.74, 6) is 2.58. The molecule has 2 unspecified atom stereocenters. The first-order chi connectivity index (χ1) is 12.7. The largest absolute Gasteiger partial charge is 0.355 e. The van der Waals surface area contributed by atoms with Crippen LogP contribution >= 0.6 is 35.6 Å². The molecule has 0 aliphatic carbocycles. The summed E-state index contributed by atoms with van der Waals surface area (Å²) in [6, 6.07) is 4.12. The van der Waals surface area contributed by atoms with Crippen LogP contribution in [0.4, 0.5) is 5.82 Å². The molecule has 2 N–H and O–H groups in total. The molecule has 0 spiro atoms. The topological polar surface area (TPSA) is 55.8 Å². The van der Waals surface area contributed by atoms with Gasteiger partial charge in [-0.15, -0.1) is 24.0 Å². The molecule has 0 radical (unpaired) electrons. The fourth-order valence-electron chi connectivity index (χ4n) is 3.89. The second kappa shape index (κ2) is 11.3. The minimum Gasteiger partial charge on any atom is -0.355 e. The van der Waals surface area contributed by atoms with Crippen molar-refractivity contribution in [2.45, 2.75) is 32.2 Å². The van der Waals surface area contributed by atoms with Gasteiger partial charge in [-0.05, 0) is 43.9 Å². The third-order valence-corrected chi connectivity index (χ3v) is 5.55. The number of guanidine groups is 1. The van der Waals surface area contributed by atoms with Crippen LogP contribution in [0.3, 0.4) is 0 Å². The van der Waals surface area contributed by atoms with Crippen LogP contribution in [0.15, 0.2) is 23.3 Å². The van der Waals surface area contributed by atoms with Gasteiger partial charge in [0.2, 0.25) is 0 Å². The maximum absolute atomic E-state index is 6.27. The average molecular weight is 507 g/mol. The third-order valence-electron chi connectivity index (χ3n) is 5.25. The van der Waals surface area contributed by atoms with Crippen molar-refractivity contribution in [1.82, 2.24) is 20.5 Å². The van der Waals surface area contributed by atoms with Gasteiger partial charge in [0.05, 0.1) is 5.02 Å². The van der Waals surface area contributed by atoms with Gasteiger partial charge in [0.1, 0.15) is 5.82 Å². The van der Waals surface area contributed by atoms with Gasteiger partial charge in [-0.2, -0.15) is 0 Å². The molecule has 152 valence electrons. The van der Waals surface area contributed by atoms with Crippen LogP contribution in [0.5, 0.6) is 0 Å². The quantitative estimate of drug-likeness (QED) is 0.365. The van der Waals surface area contributed by atoms with E-state index in [-0.39, 0.29) is 24.0 Å². The van der Waals surface area contributed by atoms with Crippen molar-refractivity contribution in [3.8, 4) is 0 Å². The van der Waals surface area contributed by atoms with Crippen molar-refractivity contribution in [1.29, 1.82) is 0 Å². The second-order valence-corrected chi connectivity index (χ2v) is 7.84. The Morgan fingerprint density at radius 3 is 2.93 bits per heavy atom. The van der Waals surface area contributed by atoms with E-state index in [4.69, 9.17) is 11.6 Å². The maximum atomic E-state index is 6.27. The highest BCUT2D eigenvalue weighted by molar-refractivity contribution is 14.0. The van der Waals surface area contributed by atoms with Gasteiger partial charge in [-0.1, -0.05) is 18.5 Å². The van der Waals surface area contributed by atoms with Crippen LogP contribution in [0, 0.1) is 5.92 Å². The Morgan fingerprint density at radius 2 is 2.19 bits per heavy atom. The van der Waals surface area contributed by atoms with E-state index >= 15 is 0 Å². The van der Waals surface area contributed by atoms with E-state index in [1.807, 2.05) is 19.2 Å². The van der Waals surface area contributed by atoms with E-state index in [2.05, 4.69) is 37.3 Å². The van der Waals surface area contributed by atoms with E-state index in [1.165, 1.54) is 25.9 Å². The van der Waals surface area contributed by atoms with Gasteiger partial charge in [0, 0.05) is 52.0 Å². The summed E-state index contributed by atoms with van der Waals surface area (Å²) in [5.41, 5.74) is 0. The Morgan fingerprint density at radius 1 is 1.33 bits per heavy atom. The summed E-state index contributed by atoms with van der Waals surface area (Å²) in [4.78, 5) is 13.6. The van der Waals surface area contributed by atoms with Crippen molar-refractivity contribution < 1.29 is 0 Å². The second-order valence-electron chi connectivity index (χ2n) is 7.43. The summed E-state index contributed by atoms with van der Waals surface area (Å²) in [6.07, 6.45) is 5.54. The number of likely N-dealkylation sites (tertiary alicyclic amines) is 1. The molecule has 2 aliphatic rings. The number of piperidine rings is 1. The van der Waals surface area contributed by atoms with Crippen molar-refractivity contribution in [2.24, 2.45) is 10.9 Å². The number of nitrogens with zero attached hydrogens (tertiary/aromatic N) is 4. The number of hydrogen-bond donors (Lipinski definition) is 2. The van der Waals surface area contributed by atoms with Crippen LogP contribution in [0.2, 0.25) is 5.02 Å². The standard InChI is InChI=1S/C19H31ClN6.HI/c1-15-5-4-10-25(13-15)12-9-23-19(21-2)24-16-7-11-26(14-16)18-17(20)6-3-8-22-18;/h3,6,8,15-16H,4-5,7,9-14H2,1-2H3,(H2,21,23,24);1H. The Balaban J connectivity index is 0.00000261. The van der Waals surface area contributed by atoms with Gasteiger partial charge in [0.25, 0.3) is 0 Å². The van der Waals surface area contributed by atoms with Crippen molar-refractivity contribution in [3.05, 3.63) is 23.4 Å². The molecule has 2 fully saturated rings. The first kappa shape index (κ1) is 22.5.